The van der Waals surface area contributed by atoms with E-state index in [2.05, 4.69) is 37.5 Å². The molecule has 7 heteroatoms. The number of phosphoric acid groups is 1. The Morgan fingerprint density at radius 3 is 2.12 bits per heavy atom. The molecule has 0 heterocycles. The van der Waals surface area contributed by atoms with Crippen molar-refractivity contribution < 1.29 is 19.2 Å². The lowest BCUT2D eigenvalue weighted by Gasteiger charge is -2.08. The second-order valence-corrected chi connectivity index (χ2v) is 4.38. The van der Waals surface area contributed by atoms with E-state index in [-0.39, 0.29) is 0 Å². The summed E-state index contributed by atoms with van der Waals surface area (Å²) in [6, 6.07) is 6.40. The van der Waals surface area contributed by atoms with Gasteiger partial charge in [-0.05, 0) is 30.0 Å². The van der Waals surface area contributed by atoms with E-state index < -0.39 is 7.82 Å². The summed E-state index contributed by atoms with van der Waals surface area (Å²) < 4.78 is 8.88. The number of aryl methyl sites for hydroxylation is 2. The zero-order valence-corrected chi connectivity index (χ0v) is 10.8. The van der Waals surface area contributed by atoms with Crippen molar-refractivity contribution in [2.45, 2.75) is 26.7 Å². The monoisotopic (exact) mass is 262 g/mol. The summed E-state index contributed by atoms with van der Waals surface area (Å²) in [5.41, 5.74) is 6.37. The third-order valence-corrected chi connectivity index (χ3v) is 2.12. The van der Waals surface area contributed by atoms with Gasteiger partial charge in [0, 0.05) is 0 Å². The van der Waals surface area contributed by atoms with Crippen molar-refractivity contribution in [2.24, 2.45) is 5.84 Å². The van der Waals surface area contributed by atoms with E-state index in [0.717, 1.165) is 18.5 Å². The number of nitrogen functional groups attached to an aromatic ring is 1. The van der Waals surface area contributed by atoms with Crippen molar-refractivity contribution >= 4 is 13.5 Å². The molecule has 0 aliphatic carbocycles. The molecular formula is C10H19N2O4P. The third kappa shape index (κ3) is 7.90. The van der Waals surface area contributed by atoms with Crippen LogP contribution >= 0.6 is 7.82 Å². The molecule has 0 aliphatic heterocycles. The van der Waals surface area contributed by atoms with Crippen LogP contribution in [0.5, 0.6) is 0 Å². The summed E-state index contributed by atoms with van der Waals surface area (Å²) in [5.74, 6) is 5.40. The molecule has 1 aromatic rings. The molecule has 1 aromatic carbocycles. The van der Waals surface area contributed by atoms with Crippen LogP contribution in [0.15, 0.2) is 18.2 Å². The highest BCUT2D eigenvalue weighted by atomic mass is 31.2. The van der Waals surface area contributed by atoms with Crippen LogP contribution in [-0.4, -0.2) is 14.7 Å². The summed E-state index contributed by atoms with van der Waals surface area (Å²) in [7, 11) is -4.64. The smallest absolute Gasteiger partial charge is 0.324 e. The molecule has 0 saturated heterocycles. The molecule has 0 fully saturated rings. The Balaban J connectivity index is 0.000000437. The maximum atomic E-state index is 8.88. The minimum atomic E-state index is -4.64. The van der Waals surface area contributed by atoms with Gasteiger partial charge in [-0.15, -0.1) is 0 Å². The highest BCUT2D eigenvalue weighted by Gasteiger charge is 2.00. The van der Waals surface area contributed by atoms with Gasteiger partial charge in [-0.2, -0.15) is 0 Å². The highest BCUT2D eigenvalue weighted by Crippen LogP contribution is 2.25. The Labute approximate surface area is 101 Å². The molecule has 0 atom stereocenters. The van der Waals surface area contributed by atoms with Gasteiger partial charge in [-0.3, -0.25) is 5.84 Å². The number of benzene rings is 1. The van der Waals surface area contributed by atoms with Crippen LogP contribution in [0.4, 0.5) is 5.69 Å². The molecule has 0 aromatic heterocycles. The Hall–Kier alpha value is -0.910. The number of hydrogen-bond acceptors (Lipinski definition) is 3. The molecule has 98 valence electrons. The van der Waals surface area contributed by atoms with E-state index in [4.69, 9.17) is 25.1 Å². The predicted molar refractivity (Wildman–Crippen MR) is 67.3 cm³/mol. The first-order valence-electron chi connectivity index (χ1n) is 5.18. The van der Waals surface area contributed by atoms with E-state index in [1.807, 2.05) is 0 Å². The van der Waals surface area contributed by atoms with Crippen LogP contribution in [-0.2, 0) is 17.4 Å². The average molecular weight is 262 g/mol. The summed E-state index contributed by atoms with van der Waals surface area (Å²) in [4.78, 5) is 21.6. The van der Waals surface area contributed by atoms with E-state index in [1.165, 1.54) is 11.1 Å². The molecule has 0 amide bonds. The van der Waals surface area contributed by atoms with Crippen LogP contribution in [0.3, 0.4) is 0 Å². The zero-order chi connectivity index (χ0) is 13.5. The van der Waals surface area contributed by atoms with Gasteiger partial charge in [0.1, 0.15) is 0 Å². The SMILES string of the molecule is CCc1ccc(CC)c(NN)c1.O=P(O)(O)O. The zero-order valence-electron chi connectivity index (χ0n) is 9.92. The minimum absolute atomic E-state index is 1.02. The normalized spacial score (nSPS) is 10.5. The fraction of sp³-hybridized carbons (Fsp3) is 0.400. The lowest BCUT2D eigenvalue weighted by molar-refractivity contribution is 0.275. The summed E-state index contributed by atoms with van der Waals surface area (Å²) in [6.45, 7) is 4.27. The lowest BCUT2D eigenvalue weighted by atomic mass is 10.1. The quantitative estimate of drug-likeness (QED) is 0.317. The Morgan fingerprint density at radius 2 is 1.76 bits per heavy atom. The Bertz CT molecular complexity index is 384. The van der Waals surface area contributed by atoms with Gasteiger partial charge < -0.3 is 20.1 Å². The van der Waals surface area contributed by atoms with Gasteiger partial charge in [0.2, 0.25) is 0 Å². The maximum Gasteiger partial charge on any atom is 0.466 e. The molecule has 0 aliphatic rings. The Kier molecular flexibility index (Phi) is 7.03. The van der Waals surface area contributed by atoms with Crippen LogP contribution < -0.4 is 11.3 Å². The molecule has 0 unspecified atom stereocenters. The van der Waals surface area contributed by atoms with Gasteiger partial charge >= 0.3 is 7.82 Å². The number of hydrogen-bond donors (Lipinski definition) is 5. The largest absolute Gasteiger partial charge is 0.466 e. The van der Waals surface area contributed by atoms with Gasteiger partial charge in [0.15, 0.2) is 0 Å². The lowest BCUT2D eigenvalue weighted by Crippen LogP contribution is -2.09. The number of rotatable bonds is 3. The number of nitrogens with two attached hydrogens (primary N) is 1. The number of anilines is 1. The second-order valence-electron chi connectivity index (χ2n) is 3.36. The van der Waals surface area contributed by atoms with Crippen LogP contribution in [0, 0.1) is 0 Å². The molecule has 1 rings (SSSR count). The van der Waals surface area contributed by atoms with Gasteiger partial charge in [-0.25, -0.2) is 4.57 Å². The number of nitrogens with one attached hydrogen (secondary N) is 1. The molecular weight excluding hydrogens is 243 g/mol. The molecule has 0 saturated carbocycles. The van der Waals surface area contributed by atoms with Crippen molar-refractivity contribution in [1.82, 2.24) is 0 Å². The predicted octanol–water partition coefficient (Wildman–Crippen LogP) is 1.17. The number of hydrazine groups is 1. The third-order valence-electron chi connectivity index (χ3n) is 2.12. The molecule has 0 spiro atoms. The van der Waals surface area contributed by atoms with Crippen molar-refractivity contribution in [2.75, 3.05) is 5.43 Å². The highest BCUT2D eigenvalue weighted by molar-refractivity contribution is 7.45. The first kappa shape index (κ1) is 16.1. The molecule has 6 nitrogen and oxygen atoms in total. The van der Waals surface area contributed by atoms with Crippen molar-refractivity contribution in [3.8, 4) is 0 Å². The molecule has 17 heavy (non-hydrogen) atoms. The fourth-order valence-corrected chi connectivity index (χ4v) is 1.29. The Morgan fingerprint density at radius 1 is 1.24 bits per heavy atom. The topological polar surface area (TPSA) is 116 Å². The van der Waals surface area contributed by atoms with Crippen LogP contribution in [0.25, 0.3) is 0 Å². The van der Waals surface area contributed by atoms with E-state index >= 15 is 0 Å². The molecule has 0 radical (unpaired) electrons. The average Bonchev–Trinajstić information content (AvgIpc) is 2.25. The van der Waals surface area contributed by atoms with Crippen molar-refractivity contribution in [1.29, 1.82) is 0 Å². The van der Waals surface area contributed by atoms with Gasteiger partial charge in [-0.1, -0.05) is 26.0 Å². The fourth-order valence-electron chi connectivity index (χ4n) is 1.29. The van der Waals surface area contributed by atoms with Crippen molar-refractivity contribution in [3.05, 3.63) is 29.3 Å². The first-order valence-corrected chi connectivity index (χ1v) is 6.75. The van der Waals surface area contributed by atoms with Crippen LogP contribution in [0.1, 0.15) is 25.0 Å². The van der Waals surface area contributed by atoms with E-state index in [1.54, 1.807) is 0 Å². The molecule has 0 bridgehead atoms. The van der Waals surface area contributed by atoms with Gasteiger partial charge in [0.25, 0.3) is 0 Å². The standard InChI is InChI=1S/C10H16N2.H3O4P/c1-3-8-5-6-9(4-2)10(7-8)12-11;1-5(2,3)4/h5-7,12H,3-4,11H2,1-2H3;(H3,1,2,3,4). The van der Waals surface area contributed by atoms with E-state index in [0.29, 0.717) is 0 Å². The summed E-state index contributed by atoms with van der Waals surface area (Å²) in [5, 5.41) is 0. The summed E-state index contributed by atoms with van der Waals surface area (Å²) in [6.07, 6.45) is 2.07. The minimum Gasteiger partial charge on any atom is -0.324 e. The maximum absolute atomic E-state index is 8.88. The van der Waals surface area contributed by atoms with Crippen LogP contribution in [0.2, 0.25) is 0 Å². The summed E-state index contributed by atoms with van der Waals surface area (Å²) >= 11 is 0. The van der Waals surface area contributed by atoms with E-state index in [9.17, 15) is 0 Å². The second kappa shape index (κ2) is 7.42. The van der Waals surface area contributed by atoms with Gasteiger partial charge in [0.05, 0.1) is 5.69 Å². The van der Waals surface area contributed by atoms with Crippen molar-refractivity contribution in [3.63, 3.8) is 0 Å². The first-order chi connectivity index (χ1) is 7.81. The molecule has 6 N–H and O–H groups in total.